The van der Waals surface area contributed by atoms with Crippen molar-refractivity contribution in [1.82, 2.24) is 19.9 Å². The molecular formula is C20H20N4O2. The van der Waals surface area contributed by atoms with E-state index in [1.807, 2.05) is 62.6 Å². The van der Waals surface area contributed by atoms with Crippen molar-refractivity contribution in [1.29, 1.82) is 0 Å². The van der Waals surface area contributed by atoms with Gasteiger partial charge < -0.3 is 19.4 Å². The zero-order valence-corrected chi connectivity index (χ0v) is 14.7. The van der Waals surface area contributed by atoms with Gasteiger partial charge in [-0.05, 0) is 38.1 Å². The Labute approximate surface area is 151 Å². The molecule has 4 rings (SSSR count). The molecule has 6 heteroatoms. The van der Waals surface area contributed by atoms with E-state index in [4.69, 9.17) is 19.4 Å². The molecule has 3 heterocycles. The highest BCUT2D eigenvalue weighted by Gasteiger charge is 2.17. The summed E-state index contributed by atoms with van der Waals surface area (Å²) in [6.07, 6.45) is 3.76. The molecule has 0 saturated heterocycles. The molecular weight excluding hydrogens is 328 g/mol. The molecule has 0 unspecified atom stereocenters. The molecule has 2 N–H and O–H groups in total. The van der Waals surface area contributed by atoms with Crippen LogP contribution in [0.3, 0.4) is 0 Å². The number of rotatable bonds is 6. The fraction of sp³-hybridized carbons (Fsp3) is 0.200. The Hall–Kier alpha value is -3.28. The third kappa shape index (κ3) is 2.90. The summed E-state index contributed by atoms with van der Waals surface area (Å²) in [6, 6.07) is 11.6. The lowest BCUT2D eigenvalue weighted by Crippen LogP contribution is -2.01. The minimum absolute atomic E-state index is 0.559. The highest BCUT2D eigenvalue weighted by Crippen LogP contribution is 2.35. The first-order valence-corrected chi connectivity index (χ1v) is 8.69. The summed E-state index contributed by atoms with van der Waals surface area (Å²) in [4.78, 5) is 16.2. The monoisotopic (exact) mass is 348 g/mol. The van der Waals surface area contributed by atoms with E-state index in [1.54, 1.807) is 0 Å². The third-order valence-corrected chi connectivity index (χ3v) is 4.04. The van der Waals surface area contributed by atoms with Gasteiger partial charge in [0.2, 0.25) is 0 Å². The van der Waals surface area contributed by atoms with Crippen LogP contribution in [0.4, 0.5) is 0 Å². The quantitative estimate of drug-likeness (QED) is 0.541. The van der Waals surface area contributed by atoms with E-state index in [0.29, 0.717) is 24.7 Å². The number of fused-ring (bicyclic) bond motifs is 1. The van der Waals surface area contributed by atoms with Crippen LogP contribution in [0.1, 0.15) is 13.8 Å². The number of H-pyrrole nitrogens is 2. The second-order valence-corrected chi connectivity index (χ2v) is 5.74. The summed E-state index contributed by atoms with van der Waals surface area (Å²) in [6.45, 7) is 5.01. The van der Waals surface area contributed by atoms with Crippen molar-refractivity contribution >= 4 is 11.0 Å². The van der Waals surface area contributed by atoms with Crippen LogP contribution >= 0.6 is 0 Å². The summed E-state index contributed by atoms with van der Waals surface area (Å²) in [5.41, 5.74) is 4.92. The smallest absolute Gasteiger partial charge is 0.163 e. The minimum Gasteiger partial charge on any atom is -0.490 e. The average Bonchev–Trinajstić information content (AvgIpc) is 3.35. The highest BCUT2D eigenvalue weighted by molar-refractivity contribution is 5.86. The fourth-order valence-electron chi connectivity index (χ4n) is 2.93. The number of nitrogens with one attached hydrogen (secondary N) is 2. The first-order valence-electron chi connectivity index (χ1n) is 8.69. The molecule has 0 aliphatic rings. The normalized spacial score (nSPS) is 11.0. The average molecular weight is 348 g/mol. The van der Waals surface area contributed by atoms with Crippen LogP contribution in [0.25, 0.3) is 33.8 Å². The van der Waals surface area contributed by atoms with Gasteiger partial charge in [-0.25, -0.2) is 9.97 Å². The summed E-state index contributed by atoms with van der Waals surface area (Å²) in [5.74, 6) is 1.36. The summed E-state index contributed by atoms with van der Waals surface area (Å²) in [5, 5.41) is 0. The molecule has 6 nitrogen and oxygen atoms in total. The summed E-state index contributed by atoms with van der Waals surface area (Å²) >= 11 is 0. The molecule has 3 aromatic heterocycles. The largest absolute Gasteiger partial charge is 0.490 e. The Kier molecular flexibility index (Phi) is 4.31. The van der Waals surface area contributed by atoms with Crippen LogP contribution in [0.5, 0.6) is 11.5 Å². The topological polar surface area (TPSA) is 75.8 Å². The van der Waals surface area contributed by atoms with Gasteiger partial charge >= 0.3 is 0 Å². The Morgan fingerprint density at radius 2 is 1.23 bits per heavy atom. The van der Waals surface area contributed by atoms with Gasteiger partial charge in [0, 0.05) is 24.5 Å². The Balaban J connectivity index is 1.96. The van der Waals surface area contributed by atoms with Gasteiger partial charge in [0.05, 0.1) is 35.6 Å². The number of nitrogens with zero attached hydrogens (tertiary/aromatic N) is 2. The maximum atomic E-state index is 5.72. The maximum absolute atomic E-state index is 5.72. The van der Waals surface area contributed by atoms with E-state index in [2.05, 4.69) is 9.97 Å². The molecule has 0 amide bonds. The second kappa shape index (κ2) is 6.92. The predicted octanol–water partition coefficient (Wildman–Crippen LogP) is 4.42. The van der Waals surface area contributed by atoms with E-state index in [1.165, 1.54) is 0 Å². The van der Waals surface area contributed by atoms with E-state index in [0.717, 1.165) is 33.8 Å². The van der Waals surface area contributed by atoms with Crippen LogP contribution in [-0.4, -0.2) is 33.1 Å². The minimum atomic E-state index is 0.559. The number of benzene rings is 1. The van der Waals surface area contributed by atoms with E-state index in [9.17, 15) is 0 Å². The second-order valence-electron chi connectivity index (χ2n) is 5.74. The van der Waals surface area contributed by atoms with Crippen molar-refractivity contribution in [3.05, 3.63) is 48.8 Å². The number of aromatic amines is 2. The third-order valence-electron chi connectivity index (χ3n) is 4.04. The van der Waals surface area contributed by atoms with Crippen molar-refractivity contribution < 1.29 is 9.47 Å². The van der Waals surface area contributed by atoms with Crippen LogP contribution in [0, 0.1) is 0 Å². The standard InChI is InChI=1S/C20H20N4O2/c1-3-25-17-11-15-16(12-18(17)26-4-2)24-20(14-8-6-10-22-14)19(23-15)13-7-5-9-21-13/h5-12,21-22H,3-4H2,1-2H3. The lowest BCUT2D eigenvalue weighted by molar-refractivity contribution is 0.288. The summed E-state index contributed by atoms with van der Waals surface area (Å²) in [7, 11) is 0. The van der Waals surface area contributed by atoms with Crippen molar-refractivity contribution in [2.75, 3.05) is 13.2 Å². The van der Waals surface area contributed by atoms with E-state index >= 15 is 0 Å². The molecule has 132 valence electrons. The lowest BCUT2D eigenvalue weighted by atomic mass is 10.1. The first kappa shape index (κ1) is 16.2. The van der Waals surface area contributed by atoms with Crippen molar-refractivity contribution in [2.45, 2.75) is 13.8 Å². The maximum Gasteiger partial charge on any atom is 0.163 e. The molecule has 0 radical (unpaired) electrons. The molecule has 0 atom stereocenters. The van der Waals surface area contributed by atoms with Gasteiger partial charge in [0.1, 0.15) is 11.4 Å². The van der Waals surface area contributed by atoms with Gasteiger partial charge in [0.25, 0.3) is 0 Å². The number of hydrogen-bond donors (Lipinski definition) is 2. The van der Waals surface area contributed by atoms with Crippen LogP contribution < -0.4 is 9.47 Å². The van der Waals surface area contributed by atoms with Gasteiger partial charge in [-0.1, -0.05) is 0 Å². The van der Waals surface area contributed by atoms with Crippen molar-refractivity contribution in [3.8, 4) is 34.3 Å². The number of aromatic nitrogens is 4. The molecule has 0 fully saturated rings. The molecule has 0 aliphatic heterocycles. The van der Waals surface area contributed by atoms with Gasteiger partial charge in [-0.2, -0.15) is 0 Å². The first-order chi connectivity index (χ1) is 12.8. The SMILES string of the molecule is CCOc1cc2nc(-c3ccc[nH]3)c(-c3ccc[nH]3)nc2cc1OCC. The summed E-state index contributed by atoms with van der Waals surface area (Å²) < 4.78 is 11.4. The zero-order chi connectivity index (χ0) is 17.9. The van der Waals surface area contributed by atoms with E-state index < -0.39 is 0 Å². The Morgan fingerprint density at radius 1 is 0.769 bits per heavy atom. The van der Waals surface area contributed by atoms with Gasteiger partial charge in [-0.3, -0.25) is 0 Å². The van der Waals surface area contributed by atoms with Crippen molar-refractivity contribution in [2.24, 2.45) is 0 Å². The van der Waals surface area contributed by atoms with Crippen molar-refractivity contribution in [3.63, 3.8) is 0 Å². The number of ether oxygens (including phenoxy) is 2. The molecule has 0 bridgehead atoms. The Morgan fingerprint density at radius 3 is 1.58 bits per heavy atom. The Bertz CT molecular complexity index is 925. The predicted molar refractivity (Wildman–Crippen MR) is 101 cm³/mol. The number of hydrogen-bond acceptors (Lipinski definition) is 4. The molecule has 0 spiro atoms. The van der Waals surface area contributed by atoms with E-state index in [-0.39, 0.29) is 0 Å². The highest BCUT2D eigenvalue weighted by atomic mass is 16.5. The van der Waals surface area contributed by atoms with Crippen LogP contribution in [0.2, 0.25) is 0 Å². The molecule has 0 aliphatic carbocycles. The molecule has 1 aromatic carbocycles. The molecule has 4 aromatic rings. The molecule has 26 heavy (non-hydrogen) atoms. The molecule has 0 saturated carbocycles. The van der Waals surface area contributed by atoms with Crippen LogP contribution in [-0.2, 0) is 0 Å². The fourth-order valence-corrected chi connectivity index (χ4v) is 2.93. The van der Waals surface area contributed by atoms with Gasteiger partial charge in [0.15, 0.2) is 11.5 Å². The lowest BCUT2D eigenvalue weighted by Gasteiger charge is -2.13. The van der Waals surface area contributed by atoms with Gasteiger partial charge in [-0.15, -0.1) is 0 Å². The zero-order valence-electron chi connectivity index (χ0n) is 14.7. The van der Waals surface area contributed by atoms with Crippen LogP contribution in [0.15, 0.2) is 48.8 Å².